The summed E-state index contributed by atoms with van der Waals surface area (Å²) in [5, 5.41) is 0. The molecule has 2 fully saturated rings. The SMILES string of the molecule is C1COCC([C]2CC2)C1. The van der Waals surface area contributed by atoms with Gasteiger partial charge in [0.1, 0.15) is 0 Å². The zero-order valence-corrected chi connectivity index (χ0v) is 5.73. The molecule has 0 aromatic rings. The van der Waals surface area contributed by atoms with Gasteiger partial charge in [-0.2, -0.15) is 0 Å². The quantitative estimate of drug-likeness (QED) is 0.519. The first-order chi connectivity index (χ1) is 4.47. The third-order valence-corrected chi connectivity index (χ3v) is 2.28. The molecular weight excluding hydrogens is 112 g/mol. The minimum atomic E-state index is 0.860. The van der Waals surface area contributed by atoms with E-state index in [1.54, 1.807) is 5.92 Å². The molecule has 0 bridgehead atoms. The molecule has 1 saturated carbocycles. The lowest BCUT2D eigenvalue weighted by Gasteiger charge is -2.20. The van der Waals surface area contributed by atoms with E-state index < -0.39 is 0 Å². The molecule has 51 valence electrons. The molecule has 0 N–H and O–H groups in total. The largest absolute Gasteiger partial charge is 0.381 e. The maximum atomic E-state index is 5.36. The summed E-state index contributed by atoms with van der Waals surface area (Å²) in [6.07, 6.45) is 5.48. The number of hydrogen-bond donors (Lipinski definition) is 0. The Hall–Kier alpha value is -0.0400. The first-order valence-electron chi connectivity index (χ1n) is 3.89. The fourth-order valence-corrected chi connectivity index (χ4v) is 1.54. The fraction of sp³-hybridized carbons (Fsp3) is 0.875. The van der Waals surface area contributed by atoms with E-state index in [1.165, 1.54) is 25.7 Å². The van der Waals surface area contributed by atoms with Crippen LogP contribution in [0, 0.1) is 11.8 Å². The van der Waals surface area contributed by atoms with Gasteiger partial charge in [0.2, 0.25) is 0 Å². The van der Waals surface area contributed by atoms with Crippen LogP contribution < -0.4 is 0 Å². The minimum absolute atomic E-state index is 0.860. The van der Waals surface area contributed by atoms with Crippen molar-refractivity contribution >= 4 is 0 Å². The van der Waals surface area contributed by atoms with Crippen LogP contribution in [0.4, 0.5) is 0 Å². The lowest BCUT2D eigenvalue weighted by molar-refractivity contribution is 0.0639. The topological polar surface area (TPSA) is 9.23 Å². The van der Waals surface area contributed by atoms with Crippen molar-refractivity contribution in [3.8, 4) is 0 Å². The predicted molar refractivity (Wildman–Crippen MR) is 36.0 cm³/mol. The molecule has 0 aromatic heterocycles. The molecule has 1 heterocycles. The van der Waals surface area contributed by atoms with Crippen LogP contribution in [0.25, 0.3) is 0 Å². The van der Waals surface area contributed by atoms with Crippen molar-refractivity contribution in [2.24, 2.45) is 5.92 Å². The molecular formula is C8H13O. The second kappa shape index (κ2) is 2.30. The molecule has 2 aliphatic rings. The molecule has 9 heavy (non-hydrogen) atoms. The summed E-state index contributed by atoms with van der Waals surface area (Å²) >= 11 is 0. The average Bonchev–Trinajstić information content (AvgIpc) is 2.71. The predicted octanol–water partition coefficient (Wildman–Crippen LogP) is 1.78. The van der Waals surface area contributed by atoms with Gasteiger partial charge < -0.3 is 4.74 Å². The Labute approximate surface area is 56.4 Å². The number of ether oxygens (including phenoxy) is 1. The van der Waals surface area contributed by atoms with E-state index in [0.717, 1.165) is 19.1 Å². The summed E-state index contributed by atoms with van der Waals surface area (Å²) < 4.78 is 5.36. The van der Waals surface area contributed by atoms with Gasteiger partial charge in [0.05, 0.1) is 0 Å². The normalized spacial score (nSPS) is 36.7. The van der Waals surface area contributed by atoms with Crippen molar-refractivity contribution in [1.82, 2.24) is 0 Å². The Morgan fingerprint density at radius 2 is 2.22 bits per heavy atom. The molecule has 0 amide bonds. The van der Waals surface area contributed by atoms with E-state index in [0.29, 0.717) is 0 Å². The van der Waals surface area contributed by atoms with Crippen LogP contribution in [0.5, 0.6) is 0 Å². The highest BCUT2D eigenvalue weighted by Crippen LogP contribution is 2.42. The maximum Gasteiger partial charge on any atom is 0.0499 e. The summed E-state index contributed by atoms with van der Waals surface area (Å²) in [6, 6.07) is 0. The average molecular weight is 125 g/mol. The van der Waals surface area contributed by atoms with Crippen LogP contribution in [0.3, 0.4) is 0 Å². The van der Waals surface area contributed by atoms with Gasteiger partial charge >= 0.3 is 0 Å². The second-order valence-electron chi connectivity index (χ2n) is 3.07. The smallest absolute Gasteiger partial charge is 0.0499 e. The van der Waals surface area contributed by atoms with Crippen molar-refractivity contribution in [3.63, 3.8) is 0 Å². The van der Waals surface area contributed by atoms with E-state index in [1.807, 2.05) is 0 Å². The van der Waals surface area contributed by atoms with Gasteiger partial charge in [-0.3, -0.25) is 0 Å². The highest BCUT2D eigenvalue weighted by atomic mass is 16.5. The third kappa shape index (κ3) is 1.26. The number of hydrogen-bond acceptors (Lipinski definition) is 1. The molecule has 1 aliphatic heterocycles. The monoisotopic (exact) mass is 125 g/mol. The zero-order chi connectivity index (χ0) is 6.10. The van der Waals surface area contributed by atoms with Crippen molar-refractivity contribution in [3.05, 3.63) is 5.92 Å². The van der Waals surface area contributed by atoms with Gasteiger partial charge in [0.25, 0.3) is 0 Å². The van der Waals surface area contributed by atoms with Gasteiger partial charge in [0, 0.05) is 13.2 Å². The molecule has 0 aromatic carbocycles. The summed E-state index contributed by atoms with van der Waals surface area (Å²) in [4.78, 5) is 0. The van der Waals surface area contributed by atoms with Crippen LogP contribution >= 0.6 is 0 Å². The Morgan fingerprint density at radius 1 is 1.33 bits per heavy atom. The summed E-state index contributed by atoms with van der Waals surface area (Å²) in [6.45, 7) is 2.03. The zero-order valence-electron chi connectivity index (χ0n) is 5.73. The van der Waals surface area contributed by atoms with E-state index in [2.05, 4.69) is 0 Å². The first kappa shape index (κ1) is 5.72. The Balaban J connectivity index is 1.80. The molecule has 1 saturated heterocycles. The van der Waals surface area contributed by atoms with Crippen LogP contribution in [-0.2, 0) is 4.74 Å². The molecule has 1 heteroatoms. The molecule has 1 aliphatic carbocycles. The van der Waals surface area contributed by atoms with Crippen molar-refractivity contribution in [2.45, 2.75) is 25.7 Å². The Bertz CT molecular complexity index is 90.7. The molecule has 0 spiro atoms. The molecule has 1 radical (unpaired) electrons. The van der Waals surface area contributed by atoms with Crippen molar-refractivity contribution < 1.29 is 4.74 Å². The standard InChI is InChI=1S/C8H13O/c1-2-8(6-9-5-1)7-3-4-7/h8H,1-6H2. The maximum absolute atomic E-state index is 5.36. The van der Waals surface area contributed by atoms with Crippen molar-refractivity contribution in [1.29, 1.82) is 0 Å². The minimum Gasteiger partial charge on any atom is -0.381 e. The Morgan fingerprint density at radius 3 is 2.78 bits per heavy atom. The summed E-state index contributed by atoms with van der Waals surface area (Å²) in [5.41, 5.74) is 0. The van der Waals surface area contributed by atoms with Gasteiger partial charge in [0.15, 0.2) is 0 Å². The van der Waals surface area contributed by atoms with E-state index in [4.69, 9.17) is 4.74 Å². The van der Waals surface area contributed by atoms with Crippen LogP contribution in [0.15, 0.2) is 0 Å². The van der Waals surface area contributed by atoms with Crippen molar-refractivity contribution in [2.75, 3.05) is 13.2 Å². The molecule has 2 rings (SSSR count). The highest BCUT2D eigenvalue weighted by Gasteiger charge is 2.32. The molecule has 1 nitrogen and oxygen atoms in total. The first-order valence-corrected chi connectivity index (χ1v) is 3.89. The number of rotatable bonds is 1. The van der Waals surface area contributed by atoms with Crippen LogP contribution in [0.1, 0.15) is 25.7 Å². The highest BCUT2D eigenvalue weighted by molar-refractivity contribution is 5.10. The van der Waals surface area contributed by atoms with E-state index in [-0.39, 0.29) is 0 Å². The van der Waals surface area contributed by atoms with E-state index >= 15 is 0 Å². The van der Waals surface area contributed by atoms with Crippen LogP contribution in [-0.4, -0.2) is 13.2 Å². The van der Waals surface area contributed by atoms with Crippen LogP contribution in [0.2, 0.25) is 0 Å². The van der Waals surface area contributed by atoms with Gasteiger partial charge in [-0.1, -0.05) is 0 Å². The van der Waals surface area contributed by atoms with Gasteiger partial charge in [-0.15, -0.1) is 0 Å². The van der Waals surface area contributed by atoms with Gasteiger partial charge in [-0.25, -0.2) is 0 Å². The summed E-state index contributed by atoms with van der Waals surface area (Å²) in [7, 11) is 0. The second-order valence-corrected chi connectivity index (χ2v) is 3.07. The summed E-state index contributed by atoms with van der Waals surface area (Å²) in [5.74, 6) is 2.63. The fourth-order valence-electron chi connectivity index (χ4n) is 1.54. The lowest BCUT2D eigenvalue weighted by Crippen LogP contribution is -2.17. The van der Waals surface area contributed by atoms with Gasteiger partial charge in [-0.05, 0) is 37.5 Å². The third-order valence-electron chi connectivity index (χ3n) is 2.28. The molecule has 1 atom stereocenters. The van der Waals surface area contributed by atoms with E-state index in [9.17, 15) is 0 Å². The lowest BCUT2D eigenvalue weighted by atomic mass is 9.97. The molecule has 1 unspecified atom stereocenters. The Kier molecular flexibility index (Phi) is 1.46.